The molecule has 1 amide bonds. The Hall–Kier alpha value is -3.08. The van der Waals surface area contributed by atoms with Gasteiger partial charge in [-0.05, 0) is 49.7 Å². The lowest BCUT2D eigenvalue weighted by molar-refractivity contribution is 0.0938. The van der Waals surface area contributed by atoms with Crippen molar-refractivity contribution in [1.82, 2.24) is 10.3 Å². The molecule has 0 unspecified atom stereocenters. The van der Waals surface area contributed by atoms with E-state index in [1.54, 1.807) is 19.2 Å². The molecule has 0 saturated heterocycles. The van der Waals surface area contributed by atoms with Crippen molar-refractivity contribution in [3.05, 3.63) is 83.6 Å². The largest absolute Gasteiger partial charge is 0.487 e. The first-order chi connectivity index (χ1) is 12.1. The number of carbonyl (C=O) groups excluding carboxylic acids is 1. The maximum atomic E-state index is 12.3. The van der Waals surface area contributed by atoms with E-state index in [-0.39, 0.29) is 11.9 Å². The van der Waals surface area contributed by atoms with Crippen molar-refractivity contribution >= 4 is 5.91 Å². The Bertz CT molecular complexity index is 843. The molecule has 5 nitrogen and oxygen atoms in total. The van der Waals surface area contributed by atoms with Gasteiger partial charge in [-0.2, -0.15) is 0 Å². The van der Waals surface area contributed by atoms with E-state index in [1.807, 2.05) is 49.4 Å². The predicted molar refractivity (Wildman–Crippen MR) is 94.3 cm³/mol. The summed E-state index contributed by atoms with van der Waals surface area (Å²) < 4.78 is 11.0. The van der Waals surface area contributed by atoms with Gasteiger partial charge in [0, 0.05) is 6.20 Å². The number of benzene rings is 1. The molecule has 2 heterocycles. The van der Waals surface area contributed by atoms with Gasteiger partial charge in [0.25, 0.3) is 5.91 Å². The average molecular weight is 336 g/mol. The second kappa shape index (κ2) is 7.66. The number of aromatic nitrogens is 1. The van der Waals surface area contributed by atoms with E-state index in [0.717, 1.165) is 17.0 Å². The molecule has 0 aliphatic carbocycles. The molecule has 25 heavy (non-hydrogen) atoms. The summed E-state index contributed by atoms with van der Waals surface area (Å²) in [6.07, 6.45) is 3.26. The zero-order valence-corrected chi connectivity index (χ0v) is 14.2. The van der Waals surface area contributed by atoms with Crippen molar-refractivity contribution in [3.63, 3.8) is 0 Å². The van der Waals surface area contributed by atoms with Crippen LogP contribution in [0.1, 0.15) is 40.3 Å². The highest BCUT2D eigenvalue weighted by Crippen LogP contribution is 2.21. The van der Waals surface area contributed by atoms with E-state index in [0.29, 0.717) is 17.9 Å². The third-order valence-corrected chi connectivity index (χ3v) is 3.92. The second-order valence-electron chi connectivity index (χ2n) is 5.77. The van der Waals surface area contributed by atoms with Crippen molar-refractivity contribution in [2.24, 2.45) is 0 Å². The van der Waals surface area contributed by atoms with Gasteiger partial charge in [0.15, 0.2) is 0 Å². The molecule has 0 radical (unpaired) electrons. The topological polar surface area (TPSA) is 64.4 Å². The maximum Gasteiger partial charge on any atom is 0.255 e. The van der Waals surface area contributed by atoms with Crippen LogP contribution in [0.15, 0.2) is 65.4 Å². The normalized spacial score (nSPS) is 11.8. The van der Waals surface area contributed by atoms with Crippen molar-refractivity contribution in [3.8, 4) is 5.75 Å². The minimum Gasteiger partial charge on any atom is -0.487 e. The van der Waals surface area contributed by atoms with Crippen LogP contribution in [0.25, 0.3) is 0 Å². The first kappa shape index (κ1) is 16.8. The Kier molecular flexibility index (Phi) is 5.14. The third-order valence-electron chi connectivity index (χ3n) is 3.92. The van der Waals surface area contributed by atoms with Crippen LogP contribution in [-0.4, -0.2) is 10.9 Å². The number of furan rings is 1. The lowest BCUT2D eigenvalue weighted by Gasteiger charge is -2.15. The van der Waals surface area contributed by atoms with Gasteiger partial charge in [0.2, 0.25) is 0 Å². The lowest BCUT2D eigenvalue weighted by Crippen LogP contribution is -2.26. The predicted octanol–water partition coefficient (Wildman–Crippen LogP) is 4.05. The Labute approximate surface area is 146 Å². The van der Waals surface area contributed by atoms with Gasteiger partial charge in [0.1, 0.15) is 18.1 Å². The molecule has 1 atom stereocenters. The molecule has 0 spiro atoms. The standard InChI is InChI=1S/C20H20N2O3/c1-14(22-20(23)19-9-11-24-15(19)2)16-6-5-8-18(12-16)25-13-17-7-3-4-10-21-17/h3-12,14H,13H2,1-2H3,(H,22,23)/t14-/m1/s1. The van der Waals surface area contributed by atoms with Crippen molar-refractivity contribution in [2.45, 2.75) is 26.5 Å². The molecule has 3 aromatic rings. The fraction of sp³-hybridized carbons (Fsp3) is 0.200. The highest BCUT2D eigenvalue weighted by Gasteiger charge is 2.15. The molecule has 128 valence electrons. The summed E-state index contributed by atoms with van der Waals surface area (Å²) in [5, 5.41) is 2.97. The minimum absolute atomic E-state index is 0.153. The minimum atomic E-state index is -0.154. The summed E-state index contributed by atoms with van der Waals surface area (Å²) in [6.45, 7) is 4.11. The summed E-state index contributed by atoms with van der Waals surface area (Å²) in [6, 6.07) is 14.9. The molecule has 0 fully saturated rings. The Morgan fingerprint density at radius 1 is 1.24 bits per heavy atom. The highest BCUT2D eigenvalue weighted by atomic mass is 16.5. The zero-order valence-electron chi connectivity index (χ0n) is 14.2. The Morgan fingerprint density at radius 2 is 2.12 bits per heavy atom. The number of carbonyl (C=O) groups is 1. The molecule has 1 N–H and O–H groups in total. The number of nitrogens with one attached hydrogen (secondary N) is 1. The lowest BCUT2D eigenvalue weighted by atomic mass is 10.1. The number of hydrogen-bond acceptors (Lipinski definition) is 4. The maximum absolute atomic E-state index is 12.3. The van der Waals surface area contributed by atoms with E-state index >= 15 is 0 Å². The summed E-state index contributed by atoms with van der Waals surface area (Å²) in [7, 11) is 0. The number of amides is 1. The van der Waals surface area contributed by atoms with Gasteiger partial charge >= 0.3 is 0 Å². The highest BCUT2D eigenvalue weighted by molar-refractivity contribution is 5.95. The van der Waals surface area contributed by atoms with Crippen LogP contribution in [-0.2, 0) is 6.61 Å². The number of pyridine rings is 1. The fourth-order valence-electron chi connectivity index (χ4n) is 2.49. The number of nitrogens with zero attached hydrogens (tertiary/aromatic N) is 1. The van der Waals surface area contributed by atoms with Gasteiger partial charge in [-0.25, -0.2) is 0 Å². The first-order valence-electron chi connectivity index (χ1n) is 8.11. The quantitative estimate of drug-likeness (QED) is 0.737. The second-order valence-corrected chi connectivity index (χ2v) is 5.77. The van der Waals surface area contributed by atoms with Crippen LogP contribution < -0.4 is 10.1 Å². The number of rotatable bonds is 6. The van der Waals surface area contributed by atoms with Crippen LogP contribution in [0, 0.1) is 6.92 Å². The summed E-state index contributed by atoms with van der Waals surface area (Å²) in [4.78, 5) is 16.5. The summed E-state index contributed by atoms with van der Waals surface area (Å²) in [5.74, 6) is 1.19. The third kappa shape index (κ3) is 4.26. The van der Waals surface area contributed by atoms with E-state index in [2.05, 4.69) is 10.3 Å². The molecular formula is C20H20N2O3. The van der Waals surface area contributed by atoms with Crippen LogP contribution in [0.2, 0.25) is 0 Å². The van der Waals surface area contributed by atoms with Gasteiger partial charge < -0.3 is 14.5 Å². The van der Waals surface area contributed by atoms with Crippen LogP contribution in [0.3, 0.4) is 0 Å². The molecule has 1 aromatic carbocycles. The van der Waals surface area contributed by atoms with E-state index < -0.39 is 0 Å². The van der Waals surface area contributed by atoms with E-state index in [4.69, 9.17) is 9.15 Å². The average Bonchev–Trinajstić information content (AvgIpc) is 3.07. The smallest absolute Gasteiger partial charge is 0.255 e. The van der Waals surface area contributed by atoms with Gasteiger partial charge in [-0.1, -0.05) is 18.2 Å². The van der Waals surface area contributed by atoms with Crippen molar-refractivity contribution < 1.29 is 13.9 Å². The molecular weight excluding hydrogens is 316 g/mol. The molecule has 0 aliphatic heterocycles. The molecule has 0 saturated carbocycles. The van der Waals surface area contributed by atoms with Gasteiger partial charge in [-0.3, -0.25) is 9.78 Å². The van der Waals surface area contributed by atoms with Crippen LogP contribution in [0.4, 0.5) is 0 Å². The van der Waals surface area contributed by atoms with E-state index in [9.17, 15) is 4.79 Å². The molecule has 0 aliphatic rings. The monoisotopic (exact) mass is 336 g/mol. The van der Waals surface area contributed by atoms with Crippen LogP contribution in [0.5, 0.6) is 5.75 Å². The molecule has 3 rings (SSSR count). The van der Waals surface area contributed by atoms with Gasteiger partial charge in [-0.15, -0.1) is 0 Å². The Balaban J connectivity index is 1.64. The first-order valence-corrected chi connectivity index (χ1v) is 8.11. The Morgan fingerprint density at radius 3 is 2.84 bits per heavy atom. The number of aryl methyl sites for hydroxylation is 1. The molecule has 0 bridgehead atoms. The fourth-order valence-corrected chi connectivity index (χ4v) is 2.49. The summed E-state index contributed by atoms with van der Waals surface area (Å²) >= 11 is 0. The summed E-state index contributed by atoms with van der Waals surface area (Å²) in [5.41, 5.74) is 2.38. The number of ether oxygens (including phenoxy) is 1. The van der Waals surface area contributed by atoms with Crippen molar-refractivity contribution in [1.29, 1.82) is 0 Å². The SMILES string of the molecule is Cc1occc1C(=O)N[C@H](C)c1cccc(OCc2ccccn2)c1. The molecule has 2 aromatic heterocycles. The number of hydrogen-bond donors (Lipinski definition) is 1. The van der Waals surface area contributed by atoms with E-state index in [1.165, 1.54) is 6.26 Å². The molecule has 5 heteroatoms. The van der Waals surface area contributed by atoms with Gasteiger partial charge in [0.05, 0.1) is 23.6 Å². The zero-order chi connectivity index (χ0) is 17.6. The van der Waals surface area contributed by atoms with Crippen LogP contribution >= 0.6 is 0 Å². The van der Waals surface area contributed by atoms with Crippen molar-refractivity contribution in [2.75, 3.05) is 0 Å².